The van der Waals surface area contributed by atoms with E-state index < -0.39 is 0 Å². The van der Waals surface area contributed by atoms with Crippen molar-refractivity contribution in [3.63, 3.8) is 0 Å². The maximum Gasteiger partial charge on any atom is 0.128 e. The van der Waals surface area contributed by atoms with Crippen molar-refractivity contribution in [3.8, 4) is 17.2 Å². The van der Waals surface area contributed by atoms with Gasteiger partial charge in [0.15, 0.2) is 0 Å². The number of para-hydroxylation sites is 1. The molecule has 3 heteroatoms. The number of hydrogen-bond acceptors (Lipinski definition) is 3. The monoisotopic (exact) mass is 229 g/mol. The summed E-state index contributed by atoms with van der Waals surface area (Å²) in [6.07, 6.45) is 0. The summed E-state index contributed by atoms with van der Waals surface area (Å²) >= 11 is 0. The fourth-order valence-electron chi connectivity index (χ4n) is 1.58. The first-order valence-corrected chi connectivity index (χ1v) is 5.49. The molecule has 0 fully saturated rings. The molecule has 17 heavy (non-hydrogen) atoms. The first kappa shape index (κ1) is 11.5. The second-order valence-corrected chi connectivity index (χ2v) is 3.74. The van der Waals surface area contributed by atoms with Crippen molar-refractivity contribution in [1.82, 2.24) is 5.32 Å². The Bertz CT molecular complexity index is 483. The van der Waals surface area contributed by atoms with Crippen molar-refractivity contribution in [2.45, 2.75) is 6.54 Å². The normalized spacial score (nSPS) is 10.2. The molecule has 2 aromatic carbocycles. The van der Waals surface area contributed by atoms with Crippen LogP contribution in [-0.2, 0) is 6.54 Å². The smallest absolute Gasteiger partial charge is 0.128 e. The number of benzene rings is 2. The van der Waals surface area contributed by atoms with E-state index in [0.717, 1.165) is 17.1 Å². The SMILES string of the molecule is CNCc1cc(Oc2ccccc2)ccc1O. The summed E-state index contributed by atoms with van der Waals surface area (Å²) in [4.78, 5) is 0. The number of nitrogens with one attached hydrogen (secondary N) is 1. The van der Waals surface area contributed by atoms with Gasteiger partial charge in [0.05, 0.1) is 0 Å². The van der Waals surface area contributed by atoms with Crippen molar-refractivity contribution >= 4 is 0 Å². The zero-order valence-electron chi connectivity index (χ0n) is 9.68. The van der Waals surface area contributed by atoms with Crippen molar-refractivity contribution < 1.29 is 9.84 Å². The minimum Gasteiger partial charge on any atom is -0.508 e. The van der Waals surface area contributed by atoms with Gasteiger partial charge in [0.1, 0.15) is 17.2 Å². The standard InChI is InChI=1S/C14H15NO2/c1-15-10-11-9-13(7-8-14(11)16)17-12-5-3-2-4-6-12/h2-9,15-16H,10H2,1H3. The Balaban J connectivity index is 2.19. The highest BCUT2D eigenvalue weighted by molar-refractivity contribution is 5.41. The number of ether oxygens (including phenoxy) is 1. The van der Waals surface area contributed by atoms with Crippen LogP contribution in [0.25, 0.3) is 0 Å². The second kappa shape index (κ2) is 5.37. The van der Waals surface area contributed by atoms with E-state index in [1.54, 1.807) is 12.1 Å². The largest absolute Gasteiger partial charge is 0.508 e. The lowest BCUT2D eigenvalue weighted by atomic mass is 10.2. The van der Waals surface area contributed by atoms with Gasteiger partial charge in [-0.05, 0) is 37.4 Å². The molecule has 2 N–H and O–H groups in total. The Morgan fingerprint density at radius 2 is 1.82 bits per heavy atom. The van der Waals surface area contributed by atoms with Crippen LogP contribution in [0.3, 0.4) is 0 Å². The number of phenolic OH excluding ortho intramolecular Hbond substituents is 1. The molecule has 0 amide bonds. The summed E-state index contributed by atoms with van der Waals surface area (Å²) in [7, 11) is 1.84. The molecule has 0 aromatic heterocycles. The number of aromatic hydroxyl groups is 1. The topological polar surface area (TPSA) is 41.5 Å². The predicted octanol–water partition coefficient (Wildman–Crippen LogP) is 2.90. The van der Waals surface area contributed by atoms with E-state index in [-0.39, 0.29) is 5.75 Å². The van der Waals surface area contributed by atoms with Crippen LogP contribution in [-0.4, -0.2) is 12.2 Å². The highest BCUT2D eigenvalue weighted by Gasteiger charge is 2.03. The molecule has 0 bridgehead atoms. The van der Waals surface area contributed by atoms with Crippen LogP contribution in [0.2, 0.25) is 0 Å². The minimum absolute atomic E-state index is 0.278. The van der Waals surface area contributed by atoms with Crippen LogP contribution >= 0.6 is 0 Å². The van der Waals surface area contributed by atoms with Gasteiger partial charge in [0.2, 0.25) is 0 Å². The van der Waals surface area contributed by atoms with Gasteiger partial charge in [-0.3, -0.25) is 0 Å². The Kier molecular flexibility index (Phi) is 3.62. The lowest BCUT2D eigenvalue weighted by molar-refractivity contribution is 0.456. The predicted molar refractivity (Wildman–Crippen MR) is 67.4 cm³/mol. The van der Waals surface area contributed by atoms with E-state index in [1.807, 2.05) is 43.4 Å². The van der Waals surface area contributed by atoms with Crippen molar-refractivity contribution in [1.29, 1.82) is 0 Å². The van der Waals surface area contributed by atoms with Crippen LogP contribution in [0.1, 0.15) is 5.56 Å². The Morgan fingerprint density at radius 1 is 1.06 bits per heavy atom. The van der Waals surface area contributed by atoms with E-state index in [1.165, 1.54) is 0 Å². The summed E-state index contributed by atoms with van der Waals surface area (Å²) in [5.41, 5.74) is 0.820. The molecule has 0 aliphatic heterocycles. The molecule has 2 rings (SSSR count). The van der Waals surface area contributed by atoms with Crippen molar-refractivity contribution in [3.05, 3.63) is 54.1 Å². The Morgan fingerprint density at radius 3 is 2.53 bits per heavy atom. The molecule has 88 valence electrons. The zero-order chi connectivity index (χ0) is 12.1. The number of hydrogen-bond donors (Lipinski definition) is 2. The van der Waals surface area contributed by atoms with Gasteiger partial charge in [-0.1, -0.05) is 18.2 Å². The van der Waals surface area contributed by atoms with Gasteiger partial charge in [0.25, 0.3) is 0 Å². The van der Waals surface area contributed by atoms with Crippen LogP contribution in [0.5, 0.6) is 17.2 Å². The van der Waals surface area contributed by atoms with Crippen molar-refractivity contribution in [2.24, 2.45) is 0 Å². The highest BCUT2D eigenvalue weighted by atomic mass is 16.5. The maximum atomic E-state index is 9.64. The minimum atomic E-state index is 0.278. The van der Waals surface area contributed by atoms with E-state index in [4.69, 9.17) is 4.74 Å². The van der Waals surface area contributed by atoms with Gasteiger partial charge in [0, 0.05) is 12.1 Å². The fraction of sp³-hybridized carbons (Fsp3) is 0.143. The average Bonchev–Trinajstić information content (AvgIpc) is 2.35. The second-order valence-electron chi connectivity index (χ2n) is 3.74. The van der Waals surface area contributed by atoms with E-state index >= 15 is 0 Å². The van der Waals surface area contributed by atoms with E-state index in [9.17, 15) is 5.11 Å². The van der Waals surface area contributed by atoms with Gasteiger partial charge in [-0.15, -0.1) is 0 Å². The molecule has 3 nitrogen and oxygen atoms in total. The first-order valence-electron chi connectivity index (χ1n) is 5.49. The molecule has 0 aliphatic carbocycles. The molecular weight excluding hydrogens is 214 g/mol. The van der Waals surface area contributed by atoms with Crippen LogP contribution in [0, 0.1) is 0 Å². The van der Waals surface area contributed by atoms with Crippen LogP contribution < -0.4 is 10.1 Å². The molecule has 0 saturated carbocycles. The lowest BCUT2D eigenvalue weighted by Gasteiger charge is -2.09. The Labute approximate surface area is 101 Å². The summed E-state index contributed by atoms with van der Waals surface area (Å²) in [6, 6.07) is 14.8. The van der Waals surface area contributed by atoms with Gasteiger partial charge in [-0.25, -0.2) is 0 Å². The maximum absolute atomic E-state index is 9.64. The molecule has 0 spiro atoms. The number of rotatable bonds is 4. The third-order valence-electron chi connectivity index (χ3n) is 2.40. The number of phenols is 1. The van der Waals surface area contributed by atoms with E-state index in [2.05, 4.69) is 5.32 Å². The lowest BCUT2D eigenvalue weighted by Crippen LogP contribution is -2.05. The summed E-state index contributed by atoms with van der Waals surface area (Å²) in [5, 5.41) is 12.6. The molecular formula is C14H15NO2. The Hall–Kier alpha value is -2.00. The average molecular weight is 229 g/mol. The summed E-state index contributed by atoms with van der Waals surface area (Å²) in [6.45, 7) is 0.609. The van der Waals surface area contributed by atoms with Gasteiger partial charge < -0.3 is 15.2 Å². The summed E-state index contributed by atoms with van der Waals surface area (Å²) in [5.74, 6) is 1.78. The summed E-state index contributed by atoms with van der Waals surface area (Å²) < 4.78 is 5.68. The third-order valence-corrected chi connectivity index (χ3v) is 2.40. The zero-order valence-corrected chi connectivity index (χ0v) is 9.68. The molecule has 2 aromatic rings. The highest BCUT2D eigenvalue weighted by Crippen LogP contribution is 2.26. The van der Waals surface area contributed by atoms with Crippen molar-refractivity contribution in [2.75, 3.05) is 7.05 Å². The fourth-order valence-corrected chi connectivity index (χ4v) is 1.58. The molecule has 0 atom stereocenters. The van der Waals surface area contributed by atoms with E-state index in [0.29, 0.717) is 6.54 Å². The molecule has 0 unspecified atom stereocenters. The quantitative estimate of drug-likeness (QED) is 0.847. The first-order chi connectivity index (χ1) is 8.29. The van der Waals surface area contributed by atoms with Crippen LogP contribution in [0.15, 0.2) is 48.5 Å². The molecule has 0 saturated heterocycles. The molecule has 0 heterocycles. The molecule has 0 radical (unpaired) electrons. The van der Waals surface area contributed by atoms with Crippen LogP contribution in [0.4, 0.5) is 0 Å². The van der Waals surface area contributed by atoms with Gasteiger partial charge in [-0.2, -0.15) is 0 Å². The molecule has 0 aliphatic rings. The third kappa shape index (κ3) is 2.98. The van der Waals surface area contributed by atoms with Gasteiger partial charge >= 0.3 is 0 Å².